The van der Waals surface area contributed by atoms with Crippen molar-refractivity contribution in [3.63, 3.8) is 0 Å². The first-order valence-electron chi connectivity index (χ1n) is 7.19. The molecule has 0 fully saturated rings. The second-order valence-electron chi connectivity index (χ2n) is 5.02. The van der Waals surface area contributed by atoms with Crippen LogP contribution in [0.3, 0.4) is 0 Å². The average Bonchev–Trinajstić information content (AvgIpc) is 2.55. The number of ether oxygens (including phenoxy) is 2. The zero-order chi connectivity index (χ0) is 15.1. The van der Waals surface area contributed by atoms with Crippen LogP contribution in [0.4, 0.5) is 0 Å². The SMILES string of the molecule is CNC(Cc1ccccc1OC)Cc1ccccc1OC. The van der Waals surface area contributed by atoms with Crippen molar-refractivity contribution in [3.8, 4) is 11.5 Å². The first-order valence-corrected chi connectivity index (χ1v) is 7.19. The smallest absolute Gasteiger partial charge is 0.122 e. The van der Waals surface area contributed by atoms with Crippen LogP contribution in [0.1, 0.15) is 11.1 Å². The molecule has 2 rings (SSSR count). The molecule has 3 heteroatoms. The Morgan fingerprint density at radius 3 is 1.62 bits per heavy atom. The van der Waals surface area contributed by atoms with Crippen LogP contribution < -0.4 is 14.8 Å². The molecular weight excluding hydrogens is 262 g/mol. The molecule has 1 N–H and O–H groups in total. The van der Waals surface area contributed by atoms with Crippen LogP contribution in [-0.4, -0.2) is 27.3 Å². The fourth-order valence-electron chi connectivity index (χ4n) is 2.55. The van der Waals surface area contributed by atoms with Crippen molar-refractivity contribution in [2.24, 2.45) is 0 Å². The zero-order valence-corrected chi connectivity index (χ0v) is 12.9. The highest BCUT2D eigenvalue weighted by Crippen LogP contribution is 2.23. The van der Waals surface area contributed by atoms with Gasteiger partial charge in [-0.2, -0.15) is 0 Å². The van der Waals surface area contributed by atoms with Crippen LogP contribution in [0.5, 0.6) is 11.5 Å². The maximum Gasteiger partial charge on any atom is 0.122 e. The fourth-order valence-corrected chi connectivity index (χ4v) is 2.55. The Balaban J connectivity index is 2.13. The maximum absolute atomic E-state index is 5.43. The molecule has 0 aromatic heterocycles. The Morgan fingerprint density at radius 1 is 0.810 bits per heavy atom. The van der Waals surface area contributed by atoms with Gasteiger partial charge in [-0.3, -0.25) is 0 Å². The normalized spacial score (nSPS) is 10.7. The number of likely N-dealkylation sites (N-methyl/N-ethyl adjacent to an activating group) is 1. The Labute approximate surface area is 126 Å². The quantitative estimate of drug-likeness (QED) is 0.848. The molecular formula is C18H23NO2. The van der Waals surface area contributed by atoms with Crippen molar-refractivity contribution in [2.45, 2.75) is 18.9 Å². The summed E-state index contributed by atoms with van der Waals surface area (Å²) in [4.78, 5) is 0. The van der Waals surface area contributed by atoms with Crippen LogP contribution >= 0.6 is 0 Å². The summed E-state index contributed by atoms with van der Waals surface area (Å²) in [6.45, 7) is 0. The van der Waals surface area contributed by atoms with E-state index in [4.69, 9.17) is 9.47 Å². The minimum absolute atomic E-state index is 0.331. The third-order valence-electron chi connectivity index (χ3n) is 3.73. The number of rotatable bonds is 7. The van der Waals surface area contributed by atoms with E-state index < -0.39 is 0 Å². The fraction of sp³-hybridized carbons (Fsp3) is 0.333. The van der Waals surface area contributed by atoms with E-state index >= 15 is 0 Å². The summed E-state index contributed by atoms with van der Waals surface area (Å²) in [5.74, 6) is 1.88. The van der Waals surface area contributed by atoms with E-state index in [1.807, 2.05) is 43.4 Å². The van der Waals surface area contributed by atoms with Crippen LogP contribution in [0.2, 0.25) is 0 Å². The Kier molecular flexibility index (Phi) is 5.64. The number of hydrogen-bond acceptors (Lipinski definition) is 3. The van der Waals surface area contributed by atoms with E-state index in [0.717, 1.165) is 24.3 Å². The number of benzene rings is 2. The van der Waals surface area contributed by atoms with Crippen LogP contribution in [0, 0.1) is 0 Å². The highest BCUT2D eigenvalue weighted by atomic mass is 16.5. The van der Waals surface area contributed by atoms with Crippen LogP contribution in [0.15, 0.2) is 48.5 Å². The van der Waals surface area contributed by atoms with Gasteiger partial charge < -0.3 is 14.8 Å². The van der Waals surface area contributed by atoms with Crippen molar-refractivity contribution in [1.82, 2.24) is 5.32 Å². The van der Waals surface area contributed by atoms with Gasteiger partial charge in [0.05, 0.1) is 14.2 Å². The van der Waals surface area contributed by atoms with Crippen molar-refractivity contribution in [1.29, 1.82) is 0 Å². The second kappa shape index (κ2) is 7.70. The lowest BCUT2D eigenvalue weighted by atomic mass is 9.98. The summed E-state index contributed by atoms with van der Waals surface area (Å²) in [6.07, 6.45) is 1.83. The van der Waals surface area contributed by atoms with Gasteiger partial charge in [0.2, 0.25) is 0 Å². The number of methoxy groups -OCH3 is 2. The second-order valence-corrected chi connectivity index (χ2v) is 5.02. The molecule has 0 atom stereocenters. The Hall–Kier alpha value is -2.00. The summed E-state index contributed by atoms with van der Waals surface area (Å²) in [5.41, 5.74) is 2.43. The molecule has 3 nitrogen and oxygen atoms in total. The largest absolute Gasteiger partial charge is 0.496 e. The molecule has 0 bridgehead atoms. The van der Waals surface area contributed by atoms with E-state index in [9.17, 15) is 0 Å². The van der Waals surface area contributed by atoms with Gasteiger partial charge in [0.15, 0.2) is 0 Å². The Bertz CT molecular complexity index is 519. The molecule has 2 aromatic carbocycles. The molecule has 21 heavy (non-hydrogen) atoms. The third-order valence-corrected chi connectivity index (χ3v) is 3.73. The van der Waals surface area contributed by atoms with E-state index in [-0.39, 0.29) is 0 Å². The molecule has 112 valence electrons. The lowest BCUT2D eigenvalue weighted by Gasteiger charge is -2.19. The van der Waals surface area contributed by atoms with Crippen molar-refractivity contribution in [3.05, 3.63) is 59.7 Å². The van der Waals surface area contributed by atoms with E-state index in [2.05, 4.69) is 17.4 Å². The van der Waals surface area contributed by atoms with Crippen molar-refractivity contribution >= 4 is 0 Å². The summed E-state index contributed by atoms with van der Waals surface area (Å²) in [6, 6.07) is 16.7. The highest BCUT2D eigenvalue weighted by Gasteiger charge is 2.13. The van der Waals surface area contributed by atoms with Gasteiger partial charge >= 0.3 is 0 Å². The third kappa shape index (κ3) is 3.99. The van der Waals surface area contributed by atoms with Gasteiger partial charge in [0.1, 0.15) is 11.5 Å². The molecule has 0 aliphatic heterocycles. The van der Waals surface area contributed by atoms with Crippen LogP contribution in [0.25, 0.3) is 0 Å². The zero-order valence-electron chi connectivity index (χ0n) is 12.9. The van der Waals surface area contributed by atoms with Crippen molar-refractivity contribution in [2.75, 3.05) is 21.3 Å². The predicted octanol–water partition coefficient (Wildman–Crippen LogP) is 3.08. The first-order chi connectivity index (χ1) is 10.3. The maximum atomic E-state index is 5.43. The number of hydrogen-bond donors (Lipinski definition) is 1. The number of nitrogens with one attached hydrogen (secondary N) is 1. The standard InChI is InChI=1S/C18H23NO2/c1-19-16(12-14-8-4-6-10-17(14)20-2)13-15-9-5-7-11-18(15)21-3/h4-11,16,19H,12-13H2,1-3H3. The monoisotopic (exact) mass is 285 g/mol. The lowest BCUT2D eigenvalue weighted by Crippen LogP contribution is -2.30. The molecule has 0 unspecified atom stereocenters. The van der Waals surface area contributed by atoms with E-state index in [1.165, 1.54) is 11.1 Å². The van der Waals surface area contributed by atoms with Crippen molar-refractivity contribution < 1.29 is 9.47 Å². The highest BCUT2D eigenvalue weighted by molar-refractivity contribution is 5.36. The first kappa shape index (κ1) is 15.4. The summed E-state index contributed by atoms with van der Waals surface area (Å²) >= 11 is 0. The van der Waals surface area contributed by atoms with Gasteiger partial charge in [0, 0.05) is 6.04 Å². The van der Waals surface area contributed by atoms with Gasteiger partial charge in [-0.1, -0.05) is 36.4 Å². The molecule has 2 aromatic rings. The average molecular weight is 285 g/mol. The molecule has 0 saturated heterocycles. The molecule has 0 amide bonds. The lowest BCUT2D eigenvalue weighted by molar-refractivity contribution is 0.400. The molecule has 0 saturated carbocycles. The summed E-state index contributed by atoms with van der Waals surface area (Å²) in [7, 11) is 5.43. The van der Waals surface area contributed by atoms with E-state index in [0.29, 0.717) is 6.04 Å². The molecule has 0 radical (unpaired) electrons. The summed E-state index contributed by atoms with van der Waals surface area (Å²) < 4.78 is 10.9. The number of para-hydroxylation sites is 2. The van der Waals surface area contributed by atoms with Gasteiger partial charge in [0.25, 0.3) is 0 Å². The Morgan fingerprint density at radius 2 is 1.24 bits per heavy atom. The predicted molar refractivity (Wildman–Crippen MR) is 86.2 cm³/mol. The molecule has 0 heterocycles. The van der Waals surface area contributed by atoms with Gasteiger partial charge in [-0.25, -0.2) is 0 Å². The van der Waals surface area contributed by atoms with Gasteiger partial charge in [-0.05, 0) is 43.1 Å². The summed E-state index contributed by atoms with van der Waals surface area (Å²) in [5, 5.41) is 3.39. The molecule has 0 spiro atoms. The molecule has 0 aliphatic carbocycles. The minimum atomic E-state index is 0.331. The topological polar surface area (TPSA) is 30.5 Å². The molecule has 0 aliphatic rings. The van der Waals surface area contributed by atoms with Gasteiger partial charge in [-0.15, -0.1) is 0 Å². The van der Waals surface area contributed by atoms with Crippen LogP contribution in [-0.2, 0) is 12.8 Å². The minimum Gasteiger partial charge on any atom is -0.496 e. The van der Waals surface area contributed by atoms with E-state index in [1.54, 1.807) is 14.2 Å².